The fraction of sp³-hybridized carbons (Fsp3) is 0.278. The minimum absolute atomic E-state index is 0.0729. The molecule has 0 aromatic heterocycles. The molecular weight excluding hydrogens is 346 g/mol. The monoisotopic (exact) mass is 366 g/mol. The Hall–Kier alpha value is -2.41. The lowest BCUT2D eigenvalue weighted by Crippen LogP contribution is -2.31. The Morgan fingerprint density at radius 1 is 1.12 bits per heavy atom. The maximum absolute atomic E-state index is 12.1. The number of anilines is 1. The average Bonchev–Trinajstić information content (AvgIpc) is 2.56. The number of rotatable bonds is 6. The van der Waals surface area contributed by atoms with Gasteiger partial charge < -0.3 is 20.1 Å². The lowest BCUT2D eigenvalue weighted by molar-refractivity contribution is -0.0498. The predicted octanol–water partition coefficient (Wildman–Crippen LogP) is 4.65. The maximum Gasteiger partial charge on any atom is 0.387 e. The van der Waals surface area contributed by atoms with E-state index in [0.29, 0.717) is 10.8 Å². The van der Waals surface area contributed by atoms with Crippen LogP contribution in [0, 0.1) is 6.92 Å². The fourth-order valence-corrected chi connectivity index (χ4v) is 2.65. The zero-order valence-electron chi connectivity index (χ0n) is 14.2. The third-order valence-electron chi connectivity index (χ3n) is 3.54. The van der Waals surface area contributed by atoms with E-state index < -0.39 is 6.61 Å². The summed E-state index contributed by atoms with van der Waals surface area (Å²) in [7, 11) is 1.63. The molecule has 0 unspecified atom stereocenters. The number of halogens is 2. The van der Waals surface area contributed by atoms with Crippen molar-refractivity contribution in [2.75, 3.05) is 12.4 Å². The largest absolute Gasteiger partial charge is 0.496 e. The van der Waals surface area contributed by atoms with Crippen molar-refractivity contribution in [3.05, 3.63) is 53.6 Å². The lowest BCUT2D eigenvalue weighted by Gasteiger charge is -2.20. The number of aryl methyl sites for hydroxylation is 1. The number of benzene rings is 2. The third-order valence-corrected chi connectivity index (χ3v) is 3.76. The molecule has 134 valence electrons. The van der Waals surface area contributed by atoms with Crippen LogP contribution in [0.25, 0.3) is 0 Å². The van der Waals surface area contributed by atoms with E-state index in [1.807, 2.05) is 32.0 Å². The van der Waals surface area contributed by atoms with Crippen LogP contribution in [-0.4, -0.2) is 18.8 Å². The van der Waals surface area contributed by atoms with E-state index in [1.54, 1.807) is 19.2 Å². The highest BCUT2D eigenvalue weighted by molar-refractivity contribution is 7.80. The van der Waals surface area contributed by atoms with Crippen LogP contribution < -0.4 is 20.1 Å². The van der Waals surface area contributed by atoms with Crippen molar-refractivity contribution in [1.82, 2.24) is 5.32 Å². The number of hydrogen-bond donors (Lipinski definition) is 2. The number of nitrogens with one attached hydrogen (secondary N) is 2. The molecule has 7 heteroatoms. The SMILES string of the molecule is COc1ccc(C)cc1[C@H](C)NC(=S)Nc1ccc(OC(F)F)cc1. The quantitative estimate of drug-likeness (QED) is 0.729. The van der Waals surface area contributed by atoms with Crippen molar-refractivity contribution in [2.45, 2.75) is 26.5 Å². The highest BCUT2D eigenvalue weighted by Gasteiger charge is 2.13. The summed E-state index contributed by atoms with van der Waals surface area (Å²) in [6.07, 6.45) is 0. The van der Waals surface area contributed by atoms with Crippen LogP contribution in [0.2, 0.25) is 0 Å². The van der Waals surface area contributed by atoms with E-state index in [4.69, 9.17) is 17.0 Å². The van der Waals surface area contributed by atoms with Gasteiger partial charge in [0.1, 0.15) is 11.5 Å². The van der Waals surface area contributed by atoms with Crippen LogP contribution in [0.1, 0.15) is 24.1 Å². The molecule has 0 spiro atoms. The summed E-state index contributed by atoms with van der Waals surface area (Å²) in [6.45, 7) is 1.15. The highest BCUT2D eigenvalue weighted by atomic mass is 32.1. The molecule has 0 amide bonds. The second kappa shape index (κ2) is 8.62. The highest BCUT2D eigenvalue weighted by Crippen LogP contribution is 2.26. The second-order valence-corrected chi connectivity index (χ2v) is 5.88. The van der Waals surface area contributed by atoms with Gasteiger partial charge in [0.05, 0.1) is 13.2 Å². The van der Waals surface area contributed by atoms with Gasteiger partial charge in [-0.3, -0.25) is 0 Å². The van der Waals surface area contributed by atoms with Gasteiger partial charge in [0.2, 0.25) is 0 Å². The van der Waals surface area contributed by atoms with E-state index >= 15 is 0 Å². The first-order valence-corrected chi connectivity index (χ1v) is 8.07. The normalized spacial score (nSPS) is 11.8. The molecule has 0 heterocycles. The molecule has 0 aliphatic heterocycles. The molecule has 4 nitrogen and oxygen atoms in total. The molecule has 2 aromatic carbocycles. The molecule has 0 radical (unpaired) electrons. The van der Waals surface area contributed by atoms with Gasteiger partial charge >= 0.3 is 6.61 Å². The zero-order valence-corrected chi connectivity index (χ0v) is 15.0. The first-order valence-electron chi connectivity index (χ1n) is 7.66. The van der Waals surface area contributed by atoms with Crippen LogP contribution in [0.3, 0.4) is 0 Å². The van der Waals surface area contributed by atoms with Gasteiger partial charge in [-0.25, -0.2) is 0 Å². The van der Waals surface area contributed by atoms with Gasteiger partial charge in [0, 0.05) is 11.3 Å². The second-order valence-electron chi connectivity index (χ2n) is 5.47. The minimum atomic E-state index is -2.84. The predicted molar refractivity (Wildman–Crippen MR) is 98.6 cm³/mol. The van der Waals surface area contributed by atoms with Crippen LogP contribution in [0.15, 0.2) is 42.5 Å². The molecule has 2 rings (SSSR count). The Morgan fingerprint density at radius 2 is 1.80 bits per heavy atom. The summed E-state index contributed by atoms with van der Waals surface area (Å²) < 4.78 is 34.0. The summed E-state index contributed by atoms with van der Waals surface area (Å²) in [6, 6.07) is 12.0. The van der Waals surface area contributed by atoms with E-state index in [1.165, 1.54) is 12.1 Å². The smallest absolute Gasteiger partial charge is 0.387 e. The van der Waals surface area contributed by atoms with E-state index in [9.17, 15) is 8.78 Å². The molecule has 2 N–H and O–H groups in total. The van der Waals surface area contributed by atoms with Crippen molar-refractivity contribution < 1.29 is 18.3 Å². The Bertz CT molecular complexity index is 724. The summed E-state index contributed by atoms with van der Waals surface area (Å²) in [5.74, 6) is 0.874. The van der Waals surface area contributed by atoms with Crippen molar-refractivity contribution in [3.8, 4) is 11.5 Å². The number of ether oxygens (including phenoxy) is 2. The lowest BCUT2D eigenvalue weighted by atomic mass is 10.0. The number of hydrogen-bond acceptors (Lipinski definition) is 3. The number of thiocarbonyl (C=S) groups is 1. The van der Waals surface area contributed by atoms with Crippen molar-refractivity contribution >= 4 is 23.0 Å². The molecule has 0 aliphatic carbocycles. The van der Waals surface area contributed by atoms with E-state index in [0.717, 1.165) is 16.9 Å². The molecule has 25 heavy (non-hydrogen) atoms. The van der Waals surface area contributed by atoms with Gasteiger partial charge in [0.25, 0.3) is 0 Å². The minimum Gasteiger partial charge on any atom is -0.496 e. The Balaban J connectivity index is 1.99. The first kappa shape index (κ1) is 18.9. The van der Waals surface area contributed by atoms with Crippen molar-refractivity contribution in [3.63, 3.8) is 0 Å². The maximum atomic E-state index is 12.1. The standard InChI is InChI=1S/C18H20F2N2O2S/c1-11-4-9-16(23-3)15(10-11)12(2)21-18(25)22-13-5-7-14(8-6-13)24-17(19)20/h4-10,12,17H,1-3H3,(H2,21,22,25)/t12-/m0/s1. The molecule has 0 fully saturated rings. The van der Waals surface area contributed by atoms with Crippen molar-refractivity contribution in [1.29, 1.82) is 0 Å². The Morgan fingerprint density at radius 3 is 2.40 bits per heavy atom. The molecule has 0 bridgehead atoms. The van der Waals surface area contributed by atoms with Gasteiger partial charge in [0.15, 0.2) is 5.11 Å². The molecular formula is C18H20F2N2O2S. The van der Waals surface area contributed by atoms with E-state index in [2.05, 4.69) is 15.4 Å². The number of methoxy groups -OCH3 is 1. The van der Waals surface area contributed by atoms with Crippen molar-refractivity contribution in [2.24, 2.45) is 0 Å². The van der Waals surface area contributed by atoms with Gasteiger partial charge in [-0.15, -0.1) is 0 Å². The molecule has 0 aliphatic rings. The van der Waals surface area contributed by atoms with Crippen LogP contribution in [-0.2, 0) is 0 Å². The summed E-state index contributed by atoms with van der Waals surface area (Å²) >= 11 is 5.31. The molecule has 0 saturated carbocycles. The Labute approximate surface area is 151 Å². The Kier molecular flexibility index (Phi) is 6.52. The molecule has 0 saturated heterocycles. The van der Waals surface area contributed by atoms with Gasteiger partial charge in [-0.05, 0) is 56.4 Å². The topological polar surface area (TPSA) is 42.5 Å². The average molecular weight is 366 g/mol. The molecule has 2 aromatic rings. The van der Waals surface area contributed by atoms with Gasteiger partial charge in [-0.1, -0.05) is 17.7 Å². The third kappa shape index (κ3) is 5.56. The zero-order chi connectivity index (χ0) is 18.4. The van der Waals surface area contributed by atoms with Crippen LogP contribution in [0.5, 0.6) is 11.5 Å². The summed E-state index contributed by atoms with van der Waals surface area (Å²) in [4.78, 5) is 0. The van der Waals surface area contributed by atoms with Crippen LogP contribution in [0.4, 0.5) is 14.5 Å². The summed E-state index contributed by atoms with van der Waals surface area (Å²) in [5.41, 5.74) is 2.79. The molecule has 1 atom stereocenters. The fourth-order valence-electron chi connectivity index (χ4n) is 2.35. The summed E-state index contributed by atoms with van der Waals surface area (Å²) in [5, 5.41) is 6.61. The van der Waals surface area contributed by atoms with E-state index in [-0.39, 0.29) is 11.8 Å². The van der Waals surface area contributed by atoms with Gasteiger partial charge in [-0.2, -0.15) is 8.78 Å². The number of alkyl halides is 2. The van der Waals surface area contributed by atoms with Crippen LogP contribution >= 0.6 is 12.2 Å². The first-order chi connectivity index (χ1) is 11.9.